The third-order valence-corrected chi connectivity index (χ3v) is 2.87. The maximum absolute atomic E-state index is 4.70. The minimum atomic E-state index is -0.244. The minimum Gasteiger partial charge on any atom is -0.433 e. The van der Waals surface area contributed by atoms with E-state index in [1.54, 1.807) is 7.05 Å². The van der Waals surface area contributed by atoms with Gasteiger partial charge < -0.3 is 15.0 Å². The molecule has 1 aliphatic heterocycles. The van der Waals surface area contributed by atoms with Crippen molar-refractivity contribution in [3.63, 3.8) is 0 Å². The van der Waals surface area contributed by atoms with Gasteiger partial charge in [-0.25, -0.2) is 0 Å². The standard InChI is InChI=1S/C12H17N4.CH4.B.Re/c1-8-5-6-10-9(12(2,3)16-8)7-14-11(13-4)15-10;;;/h5-6H2,1-4H3,(H,13,14,15);1H4;;/q-1;;;. The van der Waals surface area contributed by atoms with Crippen LogP contribution in [-0.2, 0) is 32.4 Å². The van der Waals surface area contributed by atoms with Gasteiger partial charge in [0.15, 0.2) is 0 Å². The quantitative estimate of drug-likeness (QED) is 0.494. The number of hydrogen-bond acceptors (Lipinski definition) is 3. The van der Waals surface area contributed by atoms with Crippen LogP contribution in [0, 0.1) is 6.20 Å². The molecule has 2 rings (SSSR count). The first-order valence-electron chi connectivity index (χ1n) is 5.52. The summed E-state index contributed by atoms with van der Waals surface area (Å²) < 4.78 is 0. The third-order valence-electron chi connectivity index (χ3n) is 2.87. The summed E-state index contributed by atoms with van der Waals surface area (Å²) in [7, 11) is 1.72. The van der Waals surface area contributed by atoms with Gasteiger partial charge in [-0.1, -0.05) is 31.3 Å². The summed E-state index contributed by atoms with van der Waals surface area (Å²) >= 11 is 0. The fourth-order valence-electron chi connectivity index (χ4n) is 2.10. The summed E-state index contributed by atoms with van der Waals surface area (Å²) in [5.41, 5.74) is 3.77. The number of hydrogen-bond donors (Lipinski definition) is 1. The van der Waals surface area contributed by atoms with Crippen molar-refractivity contribution in [2.75, 3.05) is 7.05 Å². The second-order valence-electron chi connectivity index (χ2n) is 4.66. The predicted octanol–water partition coefficient (Wildman–Crippen LogP) is 1.64. The van der Waals surface area contributed by atoms with E-state index < -0.39 is 0 Å². The molecule has 0 spiro atoms. The second-order valence-corrected chi connectivity index (χ2v) is 4.66. The molecule has 0 bridgehead atoms. The number of aliphatic imine (C=N–C) groups is 1. The van der Waals surface area contributed by atoms with Gasteiger partial charge in [-0.3, -0.25) is 4.99 Å². The average molecular weight is 430 g/mol. The van der Waals surface area contributed by atoms with Crippen molar-refractivity contribution in [3.8, 4) is 0 Å². The van der Waals surface area contributed by atoms with E-state index in [1.807, 2.05) is 0 Å². The molecule has 0 saturated carbocycles. The summed E-state index contributed by atoms with van der Waals surface area (Å²) in [6.45, 7) is 6.26. The number of H-pyrrole nitrogens is 1. The zero-order valence-electron chi connectivity index (χ0n) is 11.2. The molecule has 4 nitrogen and oxygen atoms in total. The molecular weight excluding hydrogens is 409 g/mol. The average Bonchev–Trinajstić information content (AvgIpc) is 2.35. The molecule has 0 aliphatic carbocycles. The molecule has 104 valence electrons. The zero-order chi connectivity index (χ0) is 11.8. The fourth-order valence-corrected chi connectivity index (χ4v) is 2.10. The van der Waals surface area contributed by atoms with E-state index in [4.69, 9.17) is 4.99 Å². The van der Waals surface area contributed by atoms with Gasteiger partial charge in [0.2, 0.25) is 0 Å². The number of fused-ring (bicyclic) bond motifs is 1. The van der Waals surface area contributed by atoms with Crippen LogP contribution in [0.25, 0.3) is 0 Å². The Labute approximate surface area is 131 Å². The van der Waals surface area contributed by atoms with Gasteiger partial charge in [0, 0.05) is 41.6 Å². The molecule has 1 aliphatic rings. The topological polar surface area (TPSA) is 53.4 Å². The number of rotatable bonds is 0. The third kappa shape index (κ3) is 4.40. The largest absolute Gasteiger partial charge is 0.433 e. The van der Waals surface area contributed by atoms with Crippen LogP contribution in [0.4, 0.5) is 0 Å². The second kappa shape index (κ2) is 7.77. The normalized spacial score (nSPS) is 16.8. The Bertz CT molecular complexity index is 506. The van der Waals surface area contributed by atoms with Crippen LogP contribution in [0.15, 0.2) is 9.98 Å². The molecule has 0 unspecified atom stereocenters. The first-order valence-corrected chi connectivity index (χ1v) is 5.52. The maximum atomic E-state index is 4.70. The summed E-state index contributed by atoms with van der Waals surface area (Å²) in [5.74, 6) is 0. The van der Waals surface area contributed by atoms with Crippen LogP contribution in [0.3, 0.4) is 0 Å². The first kappa shape index (κ1) is 20.6. The Morgan fingerprint density at radius 1 is 1.32 bits per heavy atom. The van der Waals surface area contributed by atoms with Gasteiger partial charge in [-0.05, 0) is 27.2 Å². The molecule has 0 aromatic carbocycles. The van der Waals surface area contributed by atoms with E-state index in [9.17, 15) is 0 Å². The molecular formula is C13H21BN4Re-. The number of aryl methyl sites for hydroxylation is 1. The molecule has 4 radical (unpaired) electrons. The van der Waals surface area contributed by atoms with Crippen molar-refractivity contribution < 1.29 is 20.4 Å². The molecule has 1 aromatic heterocycles. The summed E-state index contributed by atoms with van der Waals surface area (Å²) in [6.07, 6.45) is 5.01. The smallest absolute Gasteiger partial charge is 0.106 e. The Morgan fingerprint density at radius 3 is 2.53 bits per heavy atom. The van der Waals surface area contributed by atoms with Crippen molar-refractivity contribution in [1.29, 1.82) is 0 Å². The van der Waals surface area contributed by atoms with Crippen molar-refractivity contribution in [2.45, 2.75) is 46.6 Å². The molecule has 6 heteroatoms. The Hall–Kier alpha value is -0.723. The summed E-state index contributed by atoms with van der Waals surface area (Å²) in [4.78, 5) is 16.1. The monoisotopic (exact) mass is 431 g/mol. The van der Waals surface area contributed by atoms with Gasteiger partial charge in [0.05, 0.1) is 5.54 Å². The molecule has 0 atom stereocenters. The Balaban J connectivity index is 0. The van der Waals surface area contributed by atoms with Crippen molar-refractivity contribution in [2.24, 2.45) is 9.98 Å². The number of aromatic amines is 1. The van der Waals surface area contributed by atoms with Crippen molar-refractivity contribution in [3.05, 3.63) is 23.1 Å². The number of nitrogens with zero attached hydrogens (tertiary/aromatic N) is 3. The number of aromatic nitrogens is 2. The van der Waals surface area contributed by atoms with Crippen LogP contribution >= 0.6 is 0 Å². The Kier molecular flexibility index (Phi) is 8.42. The van der Waals surface area contributed by atoms with Gasteiger partial charge in [-0.2, -0.15) is 0 Å². The molecule has 0 saturated heterocycles. The number of nitrogens with one attached hydrogen (secondary N) is 1. The van der Waals surface area contributed by atoms with E-state index in [-0.39, 0.29) is 41.8 Å². The maximum Gasteiger partial charge on any atom is 0.106 e. The predicted molar refractivity (Wildman–Crippen MR) is 75.9 cm³/mol. The van der Waals surface area contributed by atoms with Crippen LogP contribution in [0.5, 0.6) is 0 Å². The zero-order valence-corrected chi connectivity index (χ0v) is 13.9. The summed E-state index contributed by atoms with van der Waals surface area (Å²) in [5, 5.41) is 0. The molecule has 19 heavy (non-hydrogen) atoms. The van der Waals surface area contributed by atoms with Gasteiger partial charge in [0.25, 0.3) is 0 Å². The minimum absolute atomic E-state index is 0. The SMILES string of the molecule is C.CN=c1n[c-]c2c([nH]1)CCC(C)=NC2(C)C.[B].[Re]. The first-order chi connectivity index (χ1) is 7.53. The van der Waals surface area contributed by atoms with Crippen molar-refractivity contribution in [1.82, 2.24) is 9.97 Å². The molecule has 2 heterocycles. The van der Waals surface area contributed by atoms with E-state index in [0.29, 0.717) is 5.62 Å². The fraction of sp³-hybridized carbons (Fsp3) is 0.615. The van der Waals surface area contributed by atoms with Crippen LogP contribution in [-0.4, -0.2) is 31.1 Å². The summed E-state index contributed by atoms with van der Waals surface area (Å²) in [6, 6.07) is 0. The van der Waals surface area contributed by atoms with Gasteiger partial charge in [0.1, 0.15) is 5.62 Å². The van der Waals surface area contributed by atoms with Gasteiger partial charge >= 0.3 is 0 Å². The molecule has 0 fully saturated rings. The van der Waals surface area contributed by atoms with E-state index in [1.165, 1.54) is 5.71 Å². The Morgan fingerprint density at radius 2 is 1.95 bits per heavy atom. The van der Waals surface area contributed by atoms with Crippen molar-refractivity contribution >= 4 is 14.1 Å². The van der Waals surface area contributed by atoms with Gasteiger partial charge in [-0.15, -0.1) is 0 Å². The van der Waals surface area contributed by atoms with Crippen LogP contribution < -0.4 is 5.62 Å². The molecule has 0 amide bonds. The van der Waals surface area contributed by atoms with E-state index >= 15 is 0 Å². The van der Waals surface area contributed by atoms with Crippen LogP contribution in [0.2, 0.25) is 0 Å². The molecule has 1 N–H and O–H groups in total. The van der Waals surface area contributed by atoms with E-state index in [0.717, 1.165) is 24.1 Å². The molecule has 1 aromatic rings. The van der Waals surface area contributed by atoms with Crippen LogP contribution in [0.1, 0.15) is 45.9 Å². The van der Waals surface area contributed by atoms with E-state index in [2.05, 4.69) is 41.9 Å².